The van der Waals surface area contributed by atoms with Crippen LogP contribution in [0.2, 0.25) is 0 Å². The highest BCUT2D eigenvalue weighted by molar-refractivity contribution is 5.15. The molecular formula is C22H28O2. The minimum Gasteiger partial charge on any atom is -0.376 e. The van der Waals surface area contributed by atoms with Gasteiger partial charge in [-0.3, -0.25) is 0 Å². The zero-order chi connectivity index (χ0) is 15.9. The minimum absolute atomic E-state index is 0. The Labute approximate surface area is 146 Å². The van der Waals surface area contributed by atoms with E-state index in [0.717, 1.165) is 6.61 Å². The molecule has 2 nitrogen and oxygen atoms in total. The maximum absolute atomic E-state index is 6.11. The first-order valence-corrected chi connectivity index (χ1v) is 8.28. The quantitative estimate of drug-likeness (QED) is 0.648. The first kappa shape index (κ1) is 18.4. The van der Waals surface area contributed by atoms with E-state index in [-0.39, 0.29) is 13.5 Å². The fourth-order valence-electron chi connectivity index (χ4n) is 2.95. The number of rotatable bonds is 7. The second kappa shape index (κ2) is 9.41. The Morgan fingerprint density at radius 1 is 0.792 bits per heavy atom. The van der Waals surface area contributed by atoms with Gasteiger partial charge in [0.1, 0.15) is 0 Å². The molecule has 1 aliphatic rings. The van der Waals surface area contributed by atoms with E-state index in [1.807, 2.05) is 36.4 Å². The van der Waals surface area contributed by atoms with Gasteiger partial charge in [-0.15, -0.1) is 0 Å². The fourth-order valence-corrected chi connectivity index (χ4v) is 2.95. The molecule has 0 fully saturated rings. The van der Waals surface area contributed by atoms with Crippen LogP contribution in [0.4, 0.5) is 0 Å². The Balaban J connectivity index is 0.00000208. The molecule has 0 aliphatic heterocycles. The van der Waals surface area contributed by atoms with Crippen LogP contribution in [0, 0.1) is 11.8 Å². The van der Waals surface area contributed by atoms with Gasteiger partial charge in [0, 0.05) is 5.92 Å². The lowest BCUT2D eigenvalue weighted by molar-refractivity contribution is -0.0139. The summed E-state index contributed by atoms with van der Waals surface area (Å²) >= 11 is 0. The van der Waals surface area contributed by atoms with Crippen LogP contribution in [0.3, 0.4) is 0 Å². The molecule has 2 aromatic carbocycles. The summed E-state index contributed by atoms with van der Waals surface area (Å²) in [5, 5.41) is 0. The third kappa shape index (κ3) is 5.05. The van der Waals surface area contributed by atoms with Gasteiger partial charge in [-0.25, -0.2) is 0 Å². The van der Waals surface area contributed by atoms with Crippen molar-refractivity contribution < 1.29 is 9.47 Å². The monoisotopic (exact) mass is 324 g/mol. The number of allylic oxidation sites excluding steroid dienone is 1. The first-order valence-electron chi connectivity index (χ1n) is 8.28. The SMILES string of the molecule is C.C[C@@H]1C=C[C@H](OCc2ccccc2)[C@H]1COCc1ccccc1. The van der Waals surface area contributed by atoms with Crippen molar-refractivity contribution in [3.63, 3.8) is 0 Å². The Hall–Kier alpha value is -1.90. The van der Waals surface area contributed by atoms with Crippen molar-refractivity contribution in [1.29, 1.82) is 0 Å². The molecule has 0 aromatic heterocycles. The van der Waals surface area contributed by atoms with Crippen LogP contribution >= 0.6 is 0 Å². The third-order valence-corrected chi connectivity index (χ3v) is 4.41. The lowest BCUT2D eigenvalue weighted by Gasteiger charge is -2.23. The smallest absolute Gasteiger partial charge is 0.0816 e. The van der Waals surface area contributed by atoms with Gasteiger partial charge in [0.2, 0.25) is 0 Å². The average molecular weight is 324 g/mol. The molecule has 2 heteroatoms. The normalized spacial score (nSPS) is 22.3. The van der Waals surface area contributed by atoms with Crippen molar-refractivity contribution in [3.8, 4) is 0 Å². The standard InChI is InChI=1S/C21H24O2.CH4/c1-17-12-13-21(23-15-19-10-6-3-7-11-19)20(17)16-22-14-18-8-4-2-5-9-18;/h2-13,17,20-21H,14-16H2,1H3;1H4/t17-,20+,21+;/m1./s1. The van der Waals surface area contributed by atoms with Crippen LogP contribution < -0.4 is 0 Å². The van der Waals surface area contributed by atoms with Gasteiger partial charge in [-0.2, -0.15) is 0 Å². The third-order valence-electron chi connectivity index (χ3n) is 4.41. The van der Waals surface area contributed by atoms with E-state index in [9.17, 15) is 0 Å². The summed E-state index contributed by atoms with van der Waals surface area (Å²) in [5.41, 5.74) is 2.43. The van der Waals surface area contributed by atoms with Gasteiger partial charge in [-0.05, 0) is 17.0 Å². The highest BCUT2D eigenvalue weighted by Crippen LogP contribution is 2.29. The largest absolute Gasteiger partial charge is 0.376 e. The van der Waals surface area contributed by atoms with Crippen molar-refractivity contribution >= 4 is 0 Å². The van der Waals surface area contributed by atoms with Gasteiger partial charge >= 0.3 is 0 Å². The van der Waals surface area contributed by atoms with Crippen LogP contribution in [-0.2, 0) is 22.7 Å². The molecule has 128 valence electrons. The molecule has 2 aromatic rings. The Kier molecular flexibility index (Phi) is 7.23. The highest BCUT2D eigenvalue weighted by atomic mass is 16.5. The number of hydrogen-bond acceptors (Lipinski definition) is 2. The zero-order valence-corrected chi connectivity index (χ0v) is 13.6. The van der Waals surface area contributed by atoms with E-state index < -0.39 is 0 Å². The van der Waals surface area contributed by atoms with Gasteiger partial charge in [0.05, 0.1) is 25.9 Å². The van der Waals surface area contributed by atoms with Crippen molar-refractivity contribution in [1.82, 2.24) is 0 Å². The molecule has 1 aliphatic carbocycles. The molecule has 0 amide bonds. The second-order valence-electron chi connectivity index (χ2n) is 6.17. The Morgan fingerprint density at radius 3 is 2.00 bits per heavy atom. The summed E-state index contributed by atoms with van der Waals surface area (Å²) < 4.78 is 12.0. The van der Waals surface area contributed by atoms with E-state index in [0.29, 0.717) is 25.0 Å². The minimum atomic E-state index is 0. The van der Waals surface area contributed by atoms with Crippen molar-refractivity contribution in [3.05, 3.63) is 83.9 Å². The molecule has 0 saturated carbocycles. The lowest BCUT2D eigenvalue weighted by atomic mass is 9.96. The molecule has 24 heavy (non-hydrogen) atoms. The molecular weight excluding hydrogens is 296 g/mol. The molecule has 0 heterocycles. The fraction of sp³-hybridized carbons (Fsp3) is 0.364. The second-order valence-corrected chi connectivity index (χ2v) is 6.17. The number of benzene rings is 2. The van der Waals surface area contributed by atoms with E-state index in [1.54, 1.807) is 0 Å². The number of ether oxygens (including phenoxy) is 2. The maximum atomic E-state index is 6.11. The molecule has 0 radical (unpaired) electrons. The predicted octanol–water partition coefficient (Wildman–Crippen LogP) is 5.25. The molecule has 0 unspecified atom stereocenters. The van der Waals surface area contributed by atoms with E-state index in [2.05, 4.69) is 43.3 Å². The molecule has 0 bridgehead atoms. The molecule has 0 N–H and O–H groups in total. The summed E-state index contributed by atoms with van der Waals surface area (Å²) in [6.45, 7) is 4.27. The molecule has 0 saturated heterocycles. The Bertz CT molecular complexity index is 606. The lowest BCUT2D eigenvalue weighted by Crippen LogP contribution is -2.26. The highest BCUT2D eigenvalue weighted by Gasteiger charge is 2.29. The zero-order valence-electron chi connectivity index (χ0n) is 13.6. The summed E-state index contributed by atoms with van der Waals surface area (Å²) in [4.78, 5) is 0. The molecule has 3 atom stereocenters. The Morgan fingerprint density at radius 2 is 1.38 bits per heavy atom. The van der Waals surface area contributed by atoms with Crippen LogP contribution in [0.25, 0.3) is 0 Å². The van der Waals surface area contributed by atoms with Crippen LogP contribution in [0.1, 0.15) is 25.5 Å². The first-order chi connectivity index (χ1) is 11.3. The summed E-state index contributed by atoms with van der Waals surface area (Å²) in [5.74, 6) is 0.883. The van der Waals surface area contributed by atoms with Gasteiger partial charge in [0.15, 0.2) is 0 Å². The van der Waals surface area contributed by atoms with Crippen LogP contribution in [0.5, 0.6) is 0 Å². The van der Waals surface area contributed by atoms with Gasteiger partial charge in [0.25, 0.3) is 0 Å². The molecule has 3 rings (SSSR count). The summed E-state index contributed by atoms with van der Waals surface area (Å²) in [7, 11) is 0. The van der Waals surface area contributed by atoms with Crippen LogP contribution in [-0.4, -0.2) is 12.7 Å². The van der Waals surface area contributed by atoms with Crippen molar-refractivity contribution in [2.24, 2.45) is 11.8 Å². The topological polar surface area (TPSA) is 18.5 Å². The summed E-state index contributed by atoms with van der Waals surface area (Å²) in [6.07, 6.45) is 4.57. The van der Waals surface area contributed by atoms with Crippen LogP contribution in [0.15, 0.2) is 72.8 Å². The van der Waals surface area contributed by atoms with Gasteiger partial charge in [-0.1, -0.05) is 87.2 Å². The van der Waals surface area contributed by atoms with E-state index in [4.69, 9.17) is 9.47 Å². The predicted molar refractivity (Wildman–Crippen MR) is 99.6 cm³/mol. The number of hydrogen-bond donors (Lipinski definition) is 0. The summed E-state index contributed by atoms with van der Waals surface area (Å²) in [6, 6.07) is 20.6. The average Bonchev–Trinajstić information content (AvgIpc) is 2.95. The maximum Gasteiger partial charge on any atom is 0.0816 e. The van der Waals surface area contributed by atoms with Crippen molar-refractivity contribution in [2.75, 3.05) is 6.61 Å². The van der Waals surface area contributed by atoms with Crippen molar-refractivity contribution in [2.45, 2.75) is 33.7 Å². The van der Waals surface area contributed by atoms with E-state index in [1.165, 1.54) is 11.1 Å². The molecule has 0 spiro atoms. The van der Waals surface area contributed by atoms with Gasteiger partial charge < -0.3 is 9.47 Å². The van der Waals surface area contributed by atoms with E-state index >= 15 is 0 Å².